The van der Waals surface area contributed by atoms with Gasteiger partial charge in [0.15, 0.2) is 5.16 Å². The van der Waals surface area contributed by atoms with Crippen LogP contribution in [0.2, 0.25) is 0 Å². The second kappa shape index (κ2) is 9.34. The lowest BCUT2D eigenvalue weighted by Crippen LogP contribution is -2.17. The van der Waals surface area contributed by atoms with Crippen LogP contribution in [-0.4, -0.2) is 32.6 Å². The maximum Gasteiger partial charge on any atom is 0.416 e. The lowest BCUT2D eigenvalue weighted by molar-refractivity contribution is -0.142. The van der Waals surface area contributed by atoms with Crippen molar-refractivity contribution in [3.63, 3.8) is 0 Å². The molecule has 2 aromatic carbocycles. The van der Waals surface area contributed by atoms with Crippen LogP contribution in [0.3, 0.4) is 0 Å². The van der Waals surface area contributed by atoms with E-state index in [0.717, 1.165) is 29.5 Å². The molecule has 1 atom stereocenters. The van der Waals surface area contributed by atoms with Crippen LogP contribution in [0.15, 0.2) is 59.8 Å². The number of rotatable bonds is 7. The maximum atomic E-state index is 13.3. The molecule has 0 radical (unpaired) electrons. The molecule has 3 rings (SSSR count). The molecule has 0 bridgehead atoms. The molecule has 0 fully saturated rings. The number of benzene rings is 2. The van der Waals surface area contributed by atoms with E-state index in [2.05, 4.69) is 10.2 Å². The van der Waals surface area contributed by atoms with Crippen LogP contribution < -0.4 is 0 Å². The Bertz CT molecular complexity index is 1010. The number of aromatic nitrogens is 3. The van der Waals surface area contributed by atoms with Gasteiger partial charge in [0.2, 0.25) is 0 Å². The van der Waals surface area contributed by atoms with Crippen molar-refractivity contribution in [2.45, 2.75) is 36.9 Å². The molecule has 0 saturated heterocycles. The highest BCUT2D eigenvalue weighted by Crippen LogP contribution is 2.32. The first-order chi connectivity index (χ1) is 14.3. The SMILES string of the molecule is CCOC(=O)[C@@H](C)Sc1nnc(Cc2ccccc2)n1-c1cccc(C(F)(F)F)c1. The first-order valence-electron chi connectivity index (χ1n) is 9.28. The Balaban J connectivity index is 2.03. The van der Waals surface area contributed by atoms with Gasteiger partial charge >= 0.3 is 12.1 Å². The predicted octanol–water partition coefficient (Wildman–Crippen LogP) is 4.92. The lowest BCUT2D eigenvalue weighted by Gasteiger charge is -2.15. The zero-order valence-corrected chi connectivity index (χ0v) is 17.2. The molecular weight excluding hydrogens is 415 g/mol. The number of hydrogen-bond acceptors (Lipinski definition) is 5. The Morgan fingerprint density at radius 1 is 1.13 bits per heavy atom. The van der Waals surface area contributed by atoms with Crippen LogP contribution in [0.1, 0.15) is 30.8 Å². The van der Waals surface area contributed by atoms with Crippen LogP contribution in [0, 0.1) is 0 Å². The fraction of sp³-hybridized carbons (Fsp3) is 0.286. The summed E-state index contributed by atoms with van der Waals surface area (Å²) >= 11 is 1.09. The third kappa shape index (κ3) is 5.21. The van der Waals surface area contributed by atoms with Gasteiger partial charge in [-0.05, 0) is 37.6 Å². The average molecular weight is 435 g/mol. The van der Waals surface area contributed by atoms with E-state index in [-0.39, 0.29) is 12.3 Å². The van der Waals surface area contributed by atoms with E-state index in [1.807, 2.05) is 30.3 Å². The summed E-state index contributed by atoms with van der Waals surface area (Å²) in [6.45, 7) is 3.60. The number of carbonyl (C=O) groups is 1. The van der Waals surface area contributed by atoms with Gasteiger partial charge in [-0.15, -0.1) is 10.2 Å². The summed E-state index contributed by atoms with van der Waals surface area (Å²) in [4.78, 5) is 12.0. The molecule has 0 N–H and O–H groups in total. The highest BCUT2D eigenvalue weighted by atomic mass is 32.2. The zero-order chi connectivity index (χ0) is 21.7. The van der Waals surface area contributed by atoms with Gasteiger partial charge in [-0.1, -0.05) is 48.2 Å². The number of esters is 1. The monoisotopic (exact) mass is 435 g/mol. The molecule has 0 aliphatic heterocycles. The minimum atomic E-state index is -4.48. The van der Waals surface area contributed by atoms with Gasteiger partial charge in [-0.2, -0.15) is 13.2 Å². The molecule has 0 saturated carbocycles. The number of hydrogen-bond donors (Lipinski definition) is 0. The van der Waals surface area contributed by atoms with Gasteiger partial charge in [0, 0.05) is 6.42 Å². The number of carbonyl (C=O) groups excluding carboxylic acids is 1. The summed E-state index contributed by atoms with van der Waals surface area (Å²) in [6.07, 6.45) is -4.10. The van der Waals surface area contributed by atoms with E-state index < -0.39 is 23.0 Å². The van der Waals surface area contributed by atoms with Crippen molar-refractivity contribution in [1.82, 2.24) is 14.8 Å². The number of ether oxygens (including phenoxy) is 1. The molecule has 158 valence electrons. The van der Waals surface area contributed by atoms with E-state index in [1.165, 1.54) is 6.07 Å². The summed E-state index contributed by atoms with van der Waals surface area (Å²) in [6, 6.07) is 14.4. The minimum absolute atomic E-state index is 0.239. The van der Waals surface area contributed by atoms with Crippen LogP contribution in [0.25, 0.3) is 5.69 Å². The fourth-order valence-corrected chi connectivity index (χ4v) is 3.70. The molecule has 0 unspecified atom stereocenters. The predicted molar refractivity (Wildman–Crippen MR) is 108 cm³/mol. The highest BCUT2D eigenvalue weighted by Gasteiger charge is 2.31. The molecule has 5 nitrogen and oxygen atoms in total. The molecule has 1 heterocycles. The summed E-state index contributed by atoms with van der Waals surface area (Å²) in [5, 5.41) is 8.07. The normalized spacial score (nSPS) is 12.6. The van der Waals surface area contributed by atoms with Gasteiger partial charge < -0.3 is 4.74 Å². The average Bonchev–Trinajstić information content (AvgIpc) is 3.10. The smallest absolute Gasteiger partial charge is 0.416 e. The molecule has 0 amide bonds. The van der Waals surface area contributed by atoms with Crippen LogP contribution in [-0.2, 0) is 22.1 Å². The minimum Gasteiger partial charge on any atom is -0.465 e. The fourth-order valence-electron chi connectivity index (χ4n) is 2.82. The Hall–Kier alpha value is -2.81. The van der Waals surface area contributed by atoms with Gasteiger partial charge in [0.25, 0.3) is 0 Å². The molecule has 9 heteroatoms. The summed E-state index contributed by atoms with van der Waals surface area (Å²) in [5.41, 5.74) is 0.446. The van der Waals surface area contributed by atoms with Crippen LogP contribution in [0.4, 0.5) is 13.2 Å². The third-order valence-corrected chi connectivity index (χ3v) is 5.26. The number of alkyl halides is 3. The zero-order valence-electron chi connectivity index (χ0n) is 16.4. The summed E-state index contributed by atoms with van der Waals surface area (Å²) < 4.78 is 46.3. The summed E-state index contributed by atoms with van der Waals surface area (Å²) in [5.74, 6) is 0.0461. The first-order valence-corrected chi connectivity index (χ1v) is 10.2. The molecule has 3 aromatic rings. The van der Waals surface area contributed by atoms with Crippen LogP contribution >= 0.6 is 11.8 Å². The first kappa shape index (κ1) is 21.9. The molecule has 0 aliphatic rings. The molecule has 30 heavy (non-hydrogen) atoms. The van der Waals surface area contributed by atoms with Crippen LogP contribution in [0.5, 0.6) is 0 Å². The Kier molecular flexibility index (Phi) is 6.81. The topological polar surface area (TPSA) is 57.0 Å². The van der Waals surface area contributed by atoms with Crippen molar-refractivity contribution in [2.24, 2.45) is 0 Å². The number of nitrogens with zero attached hydrogens (tertiary/aromatic N) is 3. The lowest BCUT2D eigenvalue weighted by atomic mass is 10.1. The number of halogens is 3. The maximum absolute atomic E-state index is 13.3. The quantitative estimate of drug-likeness (QED) is 0.389. The second-order valence-corrected chi connectivity index (χ2v) is 7.76. The number of thioether (sulfide) groups is 1. The van der Waals surface area contributed by atoms with Crippen molar-refractivity contribution < 1.29 is 22.7 Å². The van der Waals surface area contributed by atoms with Gasteiger partial charge in [0.1, 0.15) is 11.1 Å². The Morgan fingerprint density at radius 3 is 2.53 bits per heavy atom. The van der Waals surface area contributed by atoms with Crippen molar-refractivity contribution in [3.8, 4) is 5.69 Å². The van der Waals surface area contributed by atoms with E-state index >= 15 is 0 Å². The van der Waals surface area contributed by atoms with E-state index in [1.54, 1.807) is 24.5 Å². The molecular formula is C21H20F3N3O2S. The van der Waals surface area contributed by atoms with Crippen molar-refractivity contribution in [3.05, 3.63) is 71.5 Å². The van der Waals surface area contributed by atoms with Crippen molar-refractivity contribution >= 4 is 17.7 Å². The van der Waals surface area contributed by atoms with Crippen molar-refractivity contribution in [2.75, 3.05) is 6.61 Å². The van der Waals surface area contributed by atoms with Gasteiger partial charge in [-0.25, -0.2) is 0 Å². The van der Waals surface area contributed by atoms with E-state index in [9.17, 15) is 18.0 Å². The second-order valence-electron chi connectivity index (χ2n) is 6.46. The molecule has 1 aromatic heterocycles. The molecule has 0 aliphatic carbocycles. The van der Waals surface area contributed by atoms with Gasteiger partial charge in [-0.3, -0.25) is 9.36 Å². The standard InChI is InChI=1S/C21H20F3N3O2S/c1-3-29-19(28)14(2)30-20-26-25-18(12-15-8-5-4-6-9-15)27(20)17-11-7-10-16(13-17)21(22,23)24/h4-11,13-14H,3,12H2,1-2H3/t14-/m1/s1. The summed E-state index contributed by atoms with van der Waals surface area (Å²) in [7, 11) is 0. The third-order valence-electron chi connectivity index (χ3n) is 4.24. The Morgan fingerprint density at radius 2 is 1.87 bits per heavy atom. The Labute approximate surface area is 176 Å². The van der Waals surface area contributed by atoms with E-state index in [4.69, 9.17) is 4.74 Å². The molecule has 0 spiro atoms. The van der Waals surface area contributed by atoms with E-state index in [0.29, 0.717) is 17.4 Å². The highest BCUT2D eigenvalue weighted by molar-refractivity contribution is 8.00. The van der Waals surface area contributed by atoms with Crippen molar-refractivity contribution in [1.29, 1.82) is 0 Å². The van der Waals surface area contributed by atoms with Gasteiger partial charge in [0.05, 0.1) is 17.9 Å². The largest absolute Gasteiger partial charge is 0.465 e.